The summed E-state index contributed by atoms with van der Waals surface area (Å²) in [6.45, 7) is 4.89. The zero-order valence-electron chi connectivity index (χ0n) is 10.8. The first-order valence-electron chi connectivity index (χ1n) is 6.45. The van der Waals surface area contributed by atoms with Gasteiger partial charge in [0, 0.05) is 24.7 Å². The van der Waals surface area contributed by atoms with E-state index in [4.69, 9.17) is 5.21 Å². The summed E-state index contributed by atoms with van der Waals surface area (Å²) < 4.78 is 0. The molecule has 0 aromatic heterocycles. The average molecular weight is 244 g/mol. The molecule has 0 spiro atoms. The minimum atomic E-state index is 0.256. The standard InChI is InChI=1S/C15H20N2O/c1-13-4-6-14(7-5-13)3-2-10-17-11-8-15(16-18)9-12-17/h4-7,15-16,18H,8-12H2,1H3. The van der Waals surface area contributed by atoms with Gasteiger partial charge in [0.05, 0.1) is 6.54 Å². The summed E-state index contributed by atoms with van der Waals surface area (Å²) in [6.07, 6.45) is 1.98. The van der Waals surface area contributed by atoms with E-state index in [0.717, 1.165) is 38.0 Å². The molecule has 1 aliphatic rings. The Morgan fingerprint density at radius 3 is 2.56 bits per heavy atom. The third-order valence-corrected chi connectivity index (χ3v) is 3.36. The van der Waals surface area contributed by atoms with Gasteiger partial charge in [-0.2, -0.15) is 0 Å². The van der Waals surface area contributed by atoms with Crippen molar-refractivity contribution in [1.29, 1.82) is 0 Å². The van der Waals surface area contributed by atoms with E-state index >= 15 is 0 Å². The Labute approximate surface area is 109 Å². The highest BCUT2D eigenvalue weighted by Crippen LogP contribution is 2.08. The molecule has 2 rings (SSSR count). The highest BCUT2D eigenvalue weighted by Gasteiger charge is 2.16. The number of hydroxylamine groups is 1. The number of piperidine rings is 1. The zero-order chi connectivity index (χ0) is 12.8. The van der Waals surface area contributed by atoms with Crippen LogP contribution < -0.4 is 5.48 Å². The minimum absolute atomic E-state index is 0.256. The lowest BCUT2D eigenvalue weighted by molar-refractivity contribution is 0.0865. The van der Waals surface area contributed by atoms with Crippen LogP contribution in [0.4, 0.5) is 0 Å². The van der Waals surface area contributed by atoms with Crippen molar-refractivity contribution in [2.24, 2.45) is 0 Å². The van der Waals surface area contributed by atoms with E-state index in [2.05, 4.69) is 53.4 Å². The highest BCUT2D eigenvalue weighted by atomic mass is 16.5. The van der Waals surface area contributed by atoms with Crippen molar-refractivity contribution in [3.63, 3.8) is 0 Å². The van der Waals surface area contributed by atoms with Gasteiger partial charge in [-0.1, -0.05) is 29.5 Å². The van der Waals surface area contributed by atoms with E-state index in [9.17, 15) is 0 Å². The summed E-state index contributed by atoms with van der Waals surface area (Å²) >= 11 is 0. The molecule has 0 bridgehead atoms. The molecule has 0 amide bonds. The van der Waals surface area contributed by atoms with Crippen LogP contribution in [0.1, 0.15) is 24.0 Å². The SMILES string of the molecule is Cc1ccc(C#CCN2CCC(NO)CC2)cc1. The number of aryl methyl sites for hydroxylation is 1. The first-order valence-corrected chi connectivity index (χ1v) is 6.45. The van der Waals surface area contributed by atoms with Gasteiger partial charge in [-0.15, -0.1) is 0 Å². The van der Waals surface area contributed by atoms with Crippen LogP contribution in [0.15, 0.2) is 24.3 Å². The smallest absolute Gasteiger partial charge is 0.0605 e. The number of rotatable bonds is 2. The van der Waals surface area contributed by atoms with E-state index in [1.165, 1.54) is 5.56 Å². The Morgan fingerprint density at radius 2 is 1.94 bits per heavy atom. The second kappa shape index (κ2) is 6.55. The molecule has 1 saturated heterocycles. The molecule has 2 N–H and O–H groups in total. The van der Waals surface area contributed by atoms with Crippen LogP contribution >= 0.6 is 0 Å². The maximum absolute atomic E-state index is 8.83. The lowest BCUT2D eigenvalue weighted by Gasteiger charge is -2.29. The maximum atomic E-state index is 8.83. The lowest BCUT2D eigenvalue weighted by Crippen LogP contribution is -2.41. The van der Waals surface area contributed by atoms with Gasteiger partial charge in [0.25, 0.3) is 0 Å². The summed E-state index contributed by atoms with van der Waals surface area (Å²) in [5, 5.41) is 8.83. The van der Waals surface area contributed by atoms with E-state index in [0.29, 0.717) is 0 Å². The molecule has 1 heterocycles. The number of likely N-dealkylation sites (tertiary alicyclic amines) is 1. The van der Waals surface area contributed by atoms with Gasteiger partial charge in [-0.25, -0.2) is 5.48 Å². The van der Waals surface area contributed by atoms with Crippen LogP contribution in [0, 0.1) is 18.8 Å². The van der Waals surface area contributed by atoms with Crippen LogP contribution in [-0.4, -0.2) is 35.8 Å². The molecule has 0 saturated carbocycles. The van der Waals surface area contributed by atoms with Crippen LogP contribution in [0.5, 0.6) is 0 Å². The molecular formula is C15H20N2O. The Morgan fingerprint density at radius 1 is 1.28 bits per heavy atom. The zero-order valence-corrected chi connectivity index (χ0v) is 10.8. The molecular weight excluding hydrogens is 224 g/mol. The van der Waals surface area contributed by atoms with Crippen LogP contribution in [0.3, 0.4) is 0 Å². The topological polar surface area (TPSA) is 35.5 Å². The van der Waals surface area contributed by atoms with Crippen LogP contribution in [-0.2, 0) is 0 Å². The third-order valence-electron chi connectivity index (χ3n) is 3.36. The van der Waals surface area contributed by atoms with Crippen molar-refractivity contribution in [2.75, 3.05) is 19.6 Å². The van der Waals surface area contributed by atoms with Crippen molar-refractivity contribution in [1.82, 2.24) is 10.4 Å². The molecule has 0 aliphatic carbocycles. The number of benzene rings is 1. The fourth-order valence-corrected chi connectivity index (χ4v) is 2.11. The van der Waals surface area contributed by atoms with Crippen molar-refractivity contribution < 1.29 is 5.21 Å². The van der Waals surface area contributed by atoms with Crippen LogP contribution in [0.2, 0.25) is 0 Å². The van der Waals surface area contributed by atoms with Crippen molar-refractivity contribution in [2.45, 2.75) is 25.8 Å². The first kappa shape index (κ1) is 13.1. The largest absolute Gasteiger partial charge is 0.317 e. The monoisotopic (exact) mass is 244 g/mol. The number of nitrogens with zero attached hydrogens (tertiary/aromatic N) is 1. The Kier molecular flexibility index (Phi) is 4.77. The van der Waals surface area contributed by atoms with E-state index in [-0.39, 0.29) is 6.04 Å². The Hall–Kier alpha value is -1.34. The quantitative estimate of drug-likeness (QED) is 0.615. The Balaban J connectivity index is 1.80. The van der Waals surface area contributed by atoms with Gasteiger partial charge in [0.15, 0.2) is 0 Å². The molecule has 1 aliphatic heterocycles. The van der Waals surface area contributed by atoms with Gasteiger partial charge in [-0.05, 0) is 31.9 Å². The van der Waals surface area contributed by atoms with Crippen LogP contribution in [0.25, 0.3) is 0 Å². The summed E-state index contributed by atoms with van der Waals surface area (Å²) in [5.74, 6) is 6.40. The summed E-state index contributed by atoms with van der Waals surface area (Å²) in [7, 11) is 0. The second-order valence-electron chi connectivity index (χ2n) is 4.85. The van der Waals surface area contributed by atoms with E-state index < -0.39 is 0 Å². The van der Waals surface area contributed by atoms with Gasteiger partial charge >= 0.3 is 0 Å². The lowest BCUT2D eigenvalue weighted by atomic mass is 10.1. The summed E-state index contributed by atoms with van der Waals surface area (Å²) in [5.41, 5.74) is 4.69. The Bertz CT molecular complexity index is 422. The molecule has 1 aromatic carbocycles. The van der Waals surface area contributed by atoms with E-state index in [1.807, 2.05) is 0 Å². The van der Waals surface area contributed by atoms with E-state index in [1.54, 1.807) is 0 Å². The molecule has 96 valence electrons. The van der Waals surface area contributed by atoms with Crippen molar-refractivity contribution in [3.05, 3.63) is 35.4 Å². The fraction of sp³-hybridized carbons (Fsp3) is 0.467. The predicted molar refractivity (Wildman–Crippen MR) is 72.4 cm³/mol. The first-order chi connectivity index (χ1) is 8.78. The number of hydrogen-bond acceptors (Lipinski definition) is 3. The molecule has 0 atom stereocenters. The molecule has 0 radical (unpaired) electrons. The second-order valence-corrected chi connectivity index (χ2v) is 4.85. The van der Waals surface area contributed by atoms with Gasteiger partial charge in [-0.3, -0.25) is 4.90 Å². The molecule has 3 nitrogen and oxygen atoms in total. The number of nitrogens with one attached hydrogen (secondary N) is 1. The van der Waals surface area contributed by atoms with Gasteiger partial charge in [0.2, 0.25) is 0 Å². The van der Waals surface area contributed by atoms with Crippen molar-refractivity contribution >= 4 is 0 Å². The molecule has 0 unspecified atom stereocenters. The normalized spacial score (nSPS) is 17.2. The average Bonchev–Trinajstić information content (AvgIpc) is 2.42. The third kappa shape index (κ3) is 3.85. The summed E-state index contributed by atoms with van der Waals surface area (Å²) in [6, 6.07) is 8.55. The summed E-state index contributed by atoms with van der Waals surface area (Å²) in [4.78, 5) is 2.33. The molecule has 3 heteroatoms. The maximum Gasteiger partial charge on any atom is 0.0605 e. The molecule has 1 fully saturated rings. The van der Waals surface area contributed by atoms with Crippen molar-refractivity contribution in [3.8, 4) is 11.8 Å². The fourth-order valence-electron chi connectivity index (χ4n) is 2.11. The van der Waals surface area contributed by atoms with Gasteiger partial charge in [0.1, 0.15) is 0 Å². The predicted octanol–water partition coefficient (Wildman–Crippen LogP) is 1.79. The number of hydrogen-bond donors (Lipinski definition) is 2. The molecule has 18 heavy (non-hydrogen) atoms. The molecule has 1 aromatic rings. The highest BCUT2D eigenvalue weighted by molar-refractivity contribution is 5.35. The van der Waals surface area contributed by atoms with Gasteiger partial charge < -0.3 is 5.21 Å². The minimum Gasteiger partial charge on any atom is -0.317 e.